The average Bonchev–Trinajstić information content (AvgIpc) is 3.57. The highest BCUT2D eigenvalue weighted by atomic mass is 32.2. The van der Waals surface area contributed by atoms with Gasteiger partial charge in [-0.05, 0) is 36.8 Å². The first-order valence-corrected chi connectivity index (χ1v) is 14.5. The van der Waals surface area contributed by atoms with Gasteiger partial charge in [0.1, 0.15) is 12.4 Å². The van der Waals surface area contributed by atoms with Gasteiger partial charge in [-0.25, -0.2) is 13.4 Å². The van der Waals surface area contributed by atoms with Crippen molar-refractivity contribution in [1.82, 2.24) is 4.98 Å². The number of methoxy groups -OCH3 is 1. The van der Waals surface area contributed by atoms with Crippen molar-refractivity contribution < 1.29 is 37.4 Å². The van der Waals surface area contributed by atoms with Crippen molar-refractivity contribution in [3.63, 3.8) is 0 Å². The number of aromatic nitrogens is 1. The second-order valence-electron chi connectivity index (χ2n) is 8.40. The molecule has 2 N–H and O–H groups in total. The molecule has 0 radical (unpaired) electrons. The number of ether oxygens (including phenoxy) is 3. The van der Waals surface area contributed by atoms with E-state index >= 15 is 0 Å². The van der Waals surface area contributed by atoms with Gasteiger partial charge in [-0.1, -0.05) is 28.6 Å². The number of thiazole rings is 1. The quantitative estimate of drug-likeness (QED) is 0.182. The van der Waals surface area contributed by atoms with Crippen molar-refractivity contribution in [2.45, 2.75) is 23.8 Å². The number of benzene rings is 2. The Balaban J connectivity index is 1.54. The second kappa shape index (κ2) is 13.1. The van der Waals surface area contributed by atoms with E-state index in [1.807, 2.05) is 0 Å². The zero-order valence-corrected chi connectivity index (χ0v) is 22.4. The third-order valence-corrected chi connectivity index (χ3v) is 8.33. The van der Waals surface area contributed by atoms with Crippen LogP contribution in [0.25, 0.3) is 10.2 Å². The minimum absolute atomic E-state index is 0.0218. The van der Waals surface area contributed by atoms with Crippen molar-refractivity contribution in [3.8, 4) is 5.75 Å². The smallest absolute Gasteiger partial charge is 0.280 e. The molecule has 1 fully saturated rings. The lowest BCUT2D eigenvalue weighted by molar-refractivity contribution is -0.110. The van der Waals surface area contributed by atoms with Crippen molar-refractivity contribution in [3.05, 3.63) is 48.0 Å². The van der Waals surface area contributed by atoms with Gasteiger partial charge in [-0.15, -0.1) is 0 Å². The molecule has 0 bridgehead atoms. The Morgan fingerprint density at radius 2 is 2.05 bits per heavy atom. The maximum atomic E-state index is 13.3. The summed E-state index contributed by atoms with van der Waals surface area (Å²) in [6.45, 7) is 1.34. The number of nitrogens with zero attached hydrogens (tertiary/aromatic N) is 2. The minimum Gasteiger partial charge on any atom is -0.491 e. The van der Waals surface area contributed by atoms with E-state index in [4.69, 9.17) is 24.2 Å². The number of hydrogen-bond donors (Lipinski definition) is 2. The van der Waals surface area contributed by atoms with E-state index in [-0.39, 0.29) is 35.7 Å². The van der Waals surface area contributed by atoms with E-state index in [1.54, 1.807) is 18.2 Å². The van der Waals surface area contributed by atoms with Crippen LogP contribution in [-0.4, -0.2) is 82.1 Å². The predicted octanol–water partition coefficient (Wildman–Crippen LogP) is 2.63. The first-order valence-electron chi connectivity index (χ1n) is 12.0. The highest BCUT2D eigenvalue weighted by molar-refractivity contribution is 7.91. The normalized spacial score (nSPS) is 16.1. The molecular weight excluding hydrogens is 534 g/mol. The number of sulfone groups is 1. The number of carbonyl (C=O) groups is 1. The Labute approximate surface area is 224 Å². The van der Waals surface area contributed by atoms with Crippen molar-refractivity contribution in [2.24, 2.45) is 5.16 Å². The first kappa shape index (κ1) is 27.9. The number of amides is 1. The molecule has 2 aromatic carbocycles. The largest absolute Gasteiger partial charge is 0.491 e. The molecule has 0 unspecified atom stereocenters. The fraction of sp³-hybridized carbons (Fsp3) is 0.400. The van der Waals surface area contributed by atoms with Crippen LogP contribution in [0.5, 0.6) is 5.75 Å². The van der Waals surface area contributed by atoms with Crippen LogP contribution in [0.3, 0.4) is 0 Å². The zero-order valence-electron chi connectivity index (χ0n) is 20.8. The Kier molecular flexibility index (Phi) is 9.63. The topological polar surface area (TPSA) is 146 Å². The fourth-order valence-electron chi connectivity index (χ4n) is 3.65. The summed E-state index contributed by atoms with van der Waals surface area (Å²) < 4.78 is 41.7. The van der Waals surface area contributed by atoms with E-state index in [9.17, 15) is 13.2 Å². The summed E-state index contributed by atoms with van der Waals surface area (Å²) >= 11 is 1.25. The summed E-state index contributed by atoms with van der Waals surface area (Å²) in [6.07, 6.45) is 0.748. The maximum Gasteiger partial charge on any atom is 0.280 e. The Hall–Kier alpha value is -3.10. The Morgan fingerprint density at radius 1 is 1.24 bits per heavy atom. The summed E-state index contributed by atoms with van der Waals surface area (Å²) in [5.41, 5.74) is 1.03. The summed E-state index contributed by atoms with van der Waals surface area (Å²) in [4.78, 5) is 23.4. The van der Waals surface area contributed by atoms with Gasteiger partial charge in [-0.2, -0.15) is 0 Å². The highest BCUT2D eigenvalue weighted by Gasteiger charge is 2.22. The van der Waals surface area contributed by atoms with E-state index < -0.39 is 15.7 Å². The molecule has 0 aliphatic carbocycles. The molecular formula is C25H29N3O8S2. The van der Waals surface area contributed by atoms with Gasteiger partial charge in [0.05, 0.1) is 40.7 Å². The molecule has 0 saturated carbocycles. The van der Waals surface area contributed by atoms with Crippen LogP contribution in [0, 0.1) is 0 Å². The number of oxime groups is 1. The molecule has 2 heterocycles. The van der Waals surface area contributed by atoms with E-state index in [0.717, 1.165) is 4.70 Å². The van der Waals surface area contributed by atoms with Crippen LogP contribution in [0.15, 0.2) is 52.5 Å². The van der Waals surface area contributed by atoms with E-state index in [0.29, 0.717) is 54.6 Å². The SMILES string of the molecule is COCCCS(=O)(=O)c1ccc(/C(=N\O[C@@H]2CCOC2)C(=O)Nc2nc3ccc(OCCO)cc3s2)cc1. The average molecular weight is 564 g/mol. The number of carbonyl (C=O) groups excluding carboxylic acids is 1. The monoisotopic (exact) mass is 563 g/mol. The highest BCUT2D eigenvalue weighted by Crippen LogP contribution is 2.29. The van der Waals surface area contributed by atoms with Gasteiger partial charge >= 0.3 is 0 Å². The first-order chi connectivity index (χ1) is 18.4. The lowest BCUT2D eigenvalue weighted by Gasteiger charge is -2.10. The van der Waals surface area contributed by atoms with Crippen LogP contribution in [0.1, 0.15) is 18.4 Å². The summed E-state index contributed by atoms with van der Waals surface area (Å²) in [6, 6.07) is 11.2. The standard InChI is InChI=1S/C25H29N3O8S2/c1-33-11-2-14-38(31,32)20-6-3-17(4-7-20)23(28-36-19-9-12-34-16-19)24(30)27-25-26-21-8-5-18(35-13-10-29)15-22(21)37-25/h3-8,15,19,29H,2,9-14,16H2,1H3,(H,26,27,30)/b28-23+/t19-/m1/s1. The third-order valence-electron chi connectivity index (χ3n) is 5.58. The van der Waals surface area contributed by atoms with Crippen LogP contribution in [0.4, 0.5) is 5.13 Å². The van der Waals surface area contributed by atoms with Gasteiger partial charge in [0.25, 0.3) is 5.91 Å². The molecule has 0 spiro atoms. The summed E-state index contributed by atoms with van der Waals surface area (Å²) in [5.74, 6) is -0.0215. The third kappa shape index (κ3) is 7.26. The predicted molar refractivity (Wildman–Crippen MR) is 143 cm³/mol. The van der Waals surface area contributed by atoms with E-state index in [1.165, 1.54) is 42.7 Å². The van der Waals surface area contributed by atoms with Gasteiger partial charge in [-0.3, -0.25) is 10.1 Å². The molecule has 3 aromatic rings. The number of aliphatic hydroxyl groups excluding tert-OH is 1. The number of rotatable bonds is 13. The van der Waals surface area contributed by atoms with Gasteiger partial charge < -0.3 is 24.2 Å². The maximum absolute atomic E-state index is 13.3. The molecule has 11 nitrogen and oxygen atoms in total. The van der Waals surface area contributed by atoms with Crippen LogP contribution in [0.2, 0.25) is 0 Å². The lowest BCUT2D eigenvalue weighted by atomic mass is 10.1. The molecule has 1 aliphatic heterocycles. The number of aliphatic hydroxyl groups is 1. The molecule has 1 aliphatic rings. The van der Waals surface area contributed by atoms with Crippen molar-refractivity contribution in [2.75, 3.05) is 51.2 Å². The minimum atomic E-state index is -3.49. The molecule has 13 heteroatoms. The molecule has 4 rings (SSSR count). The molecule has 38 heavy (non-hydrogen) atoms. The van der Waals surface area contributed by atoms with Gasteiger partial charge in [0.15, 0.2) is 26.8 Å². The summed E-state index contributed by atoms with van der Waals surface area (Å²) in [5, 5.41) is 16.2. The Bertz CT molecular complexity index is 1370. The van der Waals surface area contributed by atoms with Gasteiger partial charge in [0, 0.05) is 25.7 Å². The van der Waals surface area contributed by atoms with E-state index in [2.05, 4.69) is 15.5 Å². The lowest BCUT2D eigenvalue weighted by Crippen LogP contribution is -2.25. The second-order valence-corrected chi connectivity index (χ2v) is 11.5. The molecule has 1 aromatic heterocycles. The number of fused-ring (bicyclic) bond motifs is 1. The van der Waals surface area contributed by atoms with Crippen molar-refractivity contribution >= 4 is 48.1 Å². The van der Waals surface area contributed by atoms with Crippen LogP contribution < -0.4 is 10.1 Å². The Morgan fingerprint density at radius 3 is 2.76 bits per heavy atom. The molecule has 1 amide bonds. The van der Waals surface area contributed by atoms with Crippen LogP contribution >= 0.6 is 11.3 Å². The molecule has 1 atom stereocenters. The fourth-order valence-corrected chi connectivity index (χ4v) is 5.82. The zero-order chi connectivity index (χ0) is 27.0. The number of anilines is 1. The number of nitrogens with one attached hydrogen (secondary N) is 1. The number of hydrogen-bond acceptors (Lipinski definition) is 11. The summed E-state index contributed by atoms with van der Waals surface area (Å²) in [7, 11) is -1.97. The van der Waals surface area contributed by atoms with Crippen molar-refractivity contribution in [1.29, 1.82) is 0 Å². The molecule has 1 saturated heterocycles. The van der Waals surface area contributed by atoms with Crippen LogP contribution in [-0.2, 0) is 28.9 Å². The van der Waals surface area contributed by atoms with Gasteiger partial charge in [0.2, 0.25) is 0 Å². The molecule has 204 valence electrons.